The van der Waals surface area contributed by atoms with Crippen LogP contribution in [0, 0.1) is 0 Å². The molecule has 0 saturated carbocycles. The van der Waals surface area contributed by atoms with Crippen LogP contribution in [0.4, 0.5) is 0 Å². The summed E-state index contributed by atoms with van der Waals surface area (Å²) >= 11 is 0. The molecule has 0 aliphatic rings. The molecule has 0 N–H and O–H groups in total. The minimum Gasteiger partial charge on any atom is -0.462 e. The van der Waals surface area contributed by atoms with Crippen molar-refractivity contribution in [3.8, 4) is 0 Å². The van der Waals surface area contributed by atoms with Crippen molar-refractivity contribution in [1.29, 1.82) is 0 Å². The van der Waals surface area contributed by atoms with E-state index < -0.39 is 6.10 Å². The van der Waals surface area contributed by atoms with Crippen molar-refractivity contribution >= 4 is 17.9 Å². The Morgan fingerprint density at radius 2 is 0.898 bits per heavy atom. The van der Waals surface area contributed by atoms with Gasteiger partial charge in [0, 0.05) is 19.3 Å². The van der Waals surface area contributed by atoms with Gasteiger partial charge in [0.2, 0.25) is 0 Å². The monoisotopic (exact) mass is 687 g/mol. The molecule has 0 rings (SSSR count). The molecule has 1 atom stereocenters. The molecule has 0 fully saturated rings. The lowest BCUT2D eigenvalue weighted by Gasteiger charge is -2.18. The van der Waals surface area contributed by atoms with E-state index in [1.165, 1.54) is 38.5 Å². The van der Waals surface area contributed by atoms with Crippen molar-refractivity contribution < 1.29 is 28.6 Å². The van der Waals surface area contributed by atoms with Gasteiger partial charge in [0.05, 0.1) is 0 Å². The van der Waals surface area contributed by atoms with Crippen LogP contribution in [0.25, 0.3) is 0 Å². The van der Waals surface area contributed by atoms with Crippen LogP contribution in [0.1, 0.15) is 187 Å². The highest BCUT2D eigenvalue weighted by atomic mass is 16.6. The van der Waals surface area contributed by atoms with Crippen LogP contribution >= 0.6 is 0 Å². The Bertz CT molecular complexity index is 874. The van der Waals surface area contributed by atoms with E-state index in [1.807, 2.05) is 6.08 Å². The summed E-state index contributed by atoms with van der Waals surface area (Å²) in [6.45, 7) is 7.94. The van der Waals surface area contributed by atoms with Gasteiger partial charge >= 0.3 is 17.9 Å². The van der Waals surface area contributed by atoms with Gasteiger partial charge < -0.3 is 14.2 Å². The molecule has 0 aromatic heterocycles. The first-order valence-electron chi connectivity index (χ1n) is 20.1. The lowest BCUT2D eigenvalue weighted by Crippen LogP contribution is -2.30. The predicted octanol–water partition coefficient (Wildman–Crippen LogP) is 12.4. The van der Waals surface area contributed by atoms with Crippen molar-refractivity contribution in [2.24, 2.45) is 0 Å². The number of rotatable bonds is 36. The van der Waals surface area contributed by atoms with E-state index in [9.17, 15) is 14.4 Å². The lowest BCUT2D eigenvalue weighted by atomic mass is 10.1. The van der Waals surface area contributed by atoms with Gasteiger partial charge in [-0.05, 0) is 83.5 Å². The van der Waals surface area contributed by atoms with Gasteiger partial charge in [-0.1, -0.05) is 127 Å². The summed E-state index contributed by atoms with van der Waals surface area (Å²) in [4.78, 5) is 37.3. The van der Waals surface area contributed by atoms with Gasteiger partial charge in [0.15, 0.2) is 6.10 Å². The highest BCUT2D eigenvalue weighted by molar-refractivity contribution is 5.71. The van der Waals surface area contributed by atoms with E-state index in [1.54, 1.807) is 0 Å². The van der Waals surface area contributed by atoms with Gasteiger partial charge in [-0.2, -0.15) is 0 Å². The summed E-state index contributed by atoms with van der Waals surface area (Å²) in [7, 11) is 0. The molecule has 6 nitrogen and oxygen atoms in total. The maximum atomic E-state index is 12.5. The third kappa shape index (κ3) is 36.5. The number of allylic oxidation sites excluding steroid dienone is 7. The molecule has 0 radical (unpaired) electrons. The van der Waals surface area contributed by atoms with Gasteiger partial charge in [0.1, 0.15) is 13.2 Å². The molecule has 0 aliphatic heterocycles. The standard InChI is InChI=1S/C43H74O6/c1-4-7-10-13-16-18-19-20-21-22-23-25-28-30-33-36-42(45)48-39-40(49-43(46)37-34-31-26-15-12-9-6-3)38-47-41(44)35-32-29-27-24-17-14-11-8-5-2/h6,8,11,16,18,20-21,40H,3-5,7,9-10,12-15,17,19,22-39H2,1-2H3/b11-8-,18-16-,21-20-. The summed E-state index contributed by atoms with van der Waals surface area (Å²) in [6, 6.07) is 0. The van der Waals surface area contributed by atoms with Crippen LogP contribution in [-0.4, -0.2) is 37.2 Å². The molecule has 0 spiro atoms. The molecular weight excluding hydrogens is 612 g/mol. The second-order valence-corrected chi connectivity index (χ2v) is 13.2. The van der Waals surface area contributed by atoms with Crippen molar-refractivity contribution in [3.63, 3.8) is 0 Å². The fourth-order valence-corrected chi connectivity index (χ4v) is 5.39. The van der Waals surface area contributed by atoms with E-state index in [-0.39, 0.29) is 31.1 Å². The lowest BCUT2D eigenvalue weighted by molar-refractivity contribution is -0.167. The molecule has 49 heavy (non-hydrogen) atoms. The summed E-state index contributed by atoms with van der Waals surface area (Å²) in [5, 5.41) is 0. The Hall–Kier alpha value is -2.63. The van der Waals surface area contributed by atoms with Crippen LogP contribution < -0.4 is 0 Å². The molecule has 0 saturated heterocycles. The van der Waals surface area contributed by atoms with Crippen molar-refractivity contribution in [3.05, 3.63) is 49.1 Å². The topological polar surface area (TPSA) is 78.9 Å². The van der Waals surface area contributed by atoms with E-state index in [0.717, 1.165) is 116 Å². The second kappa shape index (κ2) is 38.2. The minimum atomic E-state index is -0.784. The molecule has 0 heterocycles. The van der Waals surface area contributed by atoms with Gasteiger partial charge in [-0.3, -0.25) is 14.4 Å². The van der Waals surface area contributed by atoms with Crippen molar-refractivity contribution in [2.75, 3.05) is 13.2 Å². The first kappa shape index (κ1) is 46.4. The second-order valence-electron chi connectivity index (χ2n) is 13.2. The summed E-state index contributed by atoms with van der Waals surface area (Å²) in [6.07, 6.45) is 41.5. The quantitative estimate of drug-likeness (QED) is 0.0282. The molecule has 0 bridgehead atoms. The van der Waals surface area contributed by atoms with Crippen molar-refractivity contribution in [1.82, 2.24) is 0 Å². The normalized spacial score (nSPS) is 12.2. The first-order chi connectivity index (χ1) is 24.0. The van der Waals surface area contributed by atoms with Crippen LogP contribution in [0.15, 0.2) is 49.1 Å². The smallest absolute Gasteiger partial charge is 0.306 e. The van der Waals surface area contributed by atoms with E-state index in [4.69, 9.17) is 14.2 Å². The number of hydrogen-bond acceptors (Lipinski definition) is 6. The highest BCUT2D eigenvalue weighted by Crippen LogP contribution is 2.12. The fourth-order valence-electron chi connectivity index (χ4n) is 5.39. The van der Waals surface area contributed by atoms with E-state index in [0.29, 0.717) is 19.3 Å². The third-order valence-electron chi connectivity index (χ3n) is 8.43. The first-order valence-corrected chi connectivity index (χ1v) is 20.1. The molecular formula is C43H74O6. The molecule has 0 aliphatic carbocycles. The molecule has 0 aromatic carbocycles. The average Bonchev–Trinajstić information content (AvgIpc) is 3.10. The maximum absolute atomic E-state index is 12.5. The molecule has 0 amide bonds. The summed E-state index contributed by atoms with van der Waals surface area (Å²) in [5.41, 5.74) is 0. The largest absolute Gasteiger partial charge is 0.462 e. The molecule has 1 unspecified atom stereocenters. The van der Waals surface area contributed by atoms with Gasteiger partial charge in [-0.25, -0.2) is 0 Å². The summed E-state index contributed by atoms with van der Waals surface area (Å²) < 4.78 is 16.5. The molecule has 0 aromatic rings. The third-order valence-corrected chi connectivity index (χ3v) is 8.43. The SMILES string of the molecule is C=CCCCCCCCC(=O)OC(COC(=O)CCCCCCC/C=C\CC)COC(=O)CCCCCCC/C=C\C/C=C\CCCCC. The van der Waals surface area contributed by atoms with Crippen molar-refractivity contribution in [2.45, 2.75) is 193 Å². The number of carbonyl (C=O) groups excluding carboxylic acids is 3. The minimum absolute atomic E-state index is 0.0904. The van der Waals surface area contributed by atoms with Crippen LogP contribution in [0.5, 0.6) is 0 Å². The highest BCUT2D eigenvalue weighted by Gasteiger charge is 2.19. The summed E-state index contributed by atoms with van der Waals surface area (Å²) in [5.74, 6) is -0.948. The Labute approximate surface area is 301 Å². The van der Waals surface area contributed by atoms with E-state index >= 15 is 0 Å². The van der Waals surface area contributed by atoms with Gasteiger partial charge in [0.25, 0.3) is 0 Å². The zero-order chi connectivity index (χ0) is 35.9. The Morgan fingerprint density at radius 1 is 0.490 bits per heavy atom. The Morgan fingerprint density at radius 3 is 1.37 bits per heavy atom. The predicted molar refractivity (Wildman–Crippen MR) is 205 cm³/mol. The zero-order valence-corrected chi connectivity index (χ0v) is 31.8. The number of unbranched alkanes of at least 4 members (excludes halogenated alkanes) is 18. The average molecular weight is 687 g/mol. The van der Waals surface area contributed by atoms with Crippen LogP contribution in [0.2, 0.25) is 0 Å². The number of hydrogen-bond donors (Lipinski definition) is 0. The van der Waals surface area contributed by atoms with E-state index in [2.05, 4.69) is 56.9 Å². The van der Waals surface area contributed by atoms with Crippen LogP contribution in [-0.2, 0) is 28.6 Å². The van der Waals surface area contributed by atoms with Crippen LogP contribution in [0.3, 0.4) is 0 Å². The fraction of sp³-hybridized carbons (Fsp3) is 0.744. The zero-order valence-electron chi connectivity index (χ0n) is 31.8. The maximum Gasteiger partial charge on any atom is 0.306 e. The Balaban J connectivity index is 4.32. The number of esters is 3. The Kier molecular flexibility index (Phi) is 36.1. The molecule has 282 valence electrons. The van der Waals surface area contributed by atoms with Gasteiger partial charge in [-0.15, -0.1) is 6.58 Å². The number of carbonyl (C=O) groups is 3. The number of ether oxygens (including phenoxy) is 3. The molecule has 6 heteroatoms.